The van der Waals surface area contributed by atoms with E-state index in [0.717, 1.165) is 11.1 Å². The van der Waals surface area contributed by atoms with Crippen LogP contribution in [-0.4, -0.2) is 4.37 Å². The number of unbranched alkanes of at least 4 members (excludes halogenated alkanes) is 1. The summed E-state index contributed by atoms with van der Waals surface area (Å²) in [7, 11) is 0. The van der Waals surface area contributed by atoms with Crippen LogP contribution in [0.25, 0.3) is 10.1 Å². The van der Waals surface area contributed by atoms with E-state index in [1.807, 2.05) is 0 Å². The quantitative estimate of drug-likeness (QED) is 0.767. The van der Waals surface area contributed by atoms with Crippen molar-refractivity contribution in [1.29, 1.82) is 0 Å². The SMILES string of the molecule is CCCCc1cccc2s[nH]c(=S)c12. The molecule has 0 saturated carbocycles. The van der Waals surface area contributed by atoms with E-state index in [2.05, 4.69) is 29.5 Å². The van der Waals surface area contributed by atoms with Gasteiger partial charge in [0.05, 0.1) is 4.70 Å². The number of rotatable bonds is 3. The average Bonchev–Trinajstić information content (AvgIpc) is 2.58. The Balaban J connectivity index is 2.52. The van der Waals surface area contributed by atoms with Gasteiger partial charge in [0.25, 0.3) is 0 Å². The van der Waals surface area contributed by atoms with Crippen molar-refractivity contribution in [3.05, 3.63) is 28.4 Å². The minimum atomic E-state index is 0.900. The molecule has 1 N–H and O–H groups in total. The van der Waals surface area contributed by atoms with E-state index in [-0.39, 0.29) is 0 Å². The first-order valence-electron chi connectivity index (χ1n) is 4.92. The molecule has 0 spiro atoms. The van der Waals surface area contributed by atoms with Crippen molar-refractivity contribution < 1.29 is 0 Å². The molecule has 2 rings (SSSR count). The van der Waals surface area contributed by atoms with Gasteiger partial charge in [-0.05, 0) is 24.5 Å². The summed E-state index contributed by atoms with van der Waals surface area (Å²) in [5.41, 5.74) is 1.40. The fourth-order valence-corrected chi connectivity index (χ4v) is 2.86. The van der Waals surface area contributed by atoms with Crippen LogP contribution in [0.4, 0.5) is 0 Å². The molecule has 0 bridgehead atoms. The van der Waals surface area contributed by atoms with Gasteiger partial charge >= 0.3 is 0 Å². The van der Waals surface area contributed by atoms with Crippen molar-refractivity contribution in [2.24, 2.45) is 0 Å². The number of hydrogen-bond donors (Lipinski definition) is 1. The lowest BCUT2D eigenvalue weighted by molar-refractivity contribution is 0.799. The summed E-state index contributed by atoms with van der Waals surface area (Å²) in [5.74, 6) is 0. The molecule has 74 valence electrons. The molecule has 0 amide bonds. The van der Waals surface area contributed by atoms with Gasteiger partial charge in [0.1, 0.15) is 4.64 Å². The fourth-order valence-electron chi connectivity index (χ4n) is 1.65. The van der Waals surface area contributed by atoms with E-state index in [1.165, 1.54) is 28.5 Å². The molecule has 0 aliphatic heterocycles. The van der Waals surface area contributed by atoms with E-state index in [4.69, 9.17) is 12.2 Å². The highest BCUT2D eigenvalue weighted by atomic mass is 32.1. The van der Waals surface area contributed by atoms with Crippen molar-refractivity contribution in [2.75, 3.05) is 0 Å². The summed E-state index contributed by atoms with van der Waals surface area (Å²) in [5, 5.41) is 1.26. The number of hydrogen-bond acceptors (Lipinski definition) is 2. The van der Waals surface area contributed by atoms with Crippen LogP contribution >= 0.6 is 23.8 Å². The number of aryl methyl sites for hydroxylation is 1. The molecule has 0 unspecified atom stereocenters. The van der Waals surface area contributed by atoms with E-state index in [1.54, 1.807) is 11.5 Å². The summed E-state index contributed by atoms with van der Waals surface area (Å²) in [6, 6.07) is 6.43. The lowest BCUT2D eigenvalue weighted by Crippen LogP contribution is -1.85. The number of nitrogens with one attached hydrogen (secondary N) is 1. The molecule has 3 heteroatoms. The Morgan fingerprint density at radius 1 is 1.43 bits per heavy atom. The smallest absolute Gasteiger partial charge is 0.121 e. The topological polar surface area (TPSA) is 15.8 Å². The van der Waals surface area contributed by atoms with Gasteiger partial charge in [-0.15, -0.1) is 0 Å². The van der Waals surface area contributed by atoms with E-state index in [0.29, 0.717) is 0 Å². The first kappa shape index (κ1) is 9.87. The van der Waals surface area contributed by atoms with Gasteiger partial charge in [-0.2, -0.15) is 0 Å². The van der Waals surface area contributed by atoms with Crippen molar-refractivity contribution in [1.82, 2.24) is 4.37 Å². The first-order chi connectivity index (χ1) is 6.83. The molecule has 0 saturated heterocycles. The van der Waals surface area contributed by atoms with Crippen molar-refractivity contribution >= 4 is 33.8 Å². The van der Waals surface area contributed by atoms with Crippen LogP contribution in [0.15, 0.2) is 18.2 Å². The van der Waals surface area contributed by atoms with E-state index < -0.39 is 0 Å². The molecule has 0 aliphatic carbocycles. The first-order valence-corrected chi connectivity index (χ1v) is 6.14. The minimum Gasteiger partial charge on any atom is -0.301 e. The predicted molar refractivity (Wildman–Crippen MR) is 65.6 cm³/mol. The monoisotopic (exact) mass is 223 g/mol. The molecule has 1 aromatic heterocycles. The highest BCUT2D eigenvalue weighted by Gasteiger charge is 2.03. The van der Waals surface area contributed by atoms with Crippen molar-refractivity contribution in [3.8, 4) is 0 Å². The van der Waals surface area contributed by atoms with Crippen molar-refractivity contribution in [3.63, 3.8) is 0 Å². The third kappa shape index (κ3) is 1.74. The second kappa shape index (κ2) is 4.24. The van der Waals surface area contributed by atoms with Crippen LogP contribution in [-0.2, 0) is 6.42 Å². The molecule has 1 nitrogen and oxygen atoms in total. The van der Waals surface area contributed by atoms with E-state index >= 15 is 0 Å². The summed E-state index contributed by atoms with van der Waals surface area (Å²) in [6.07, 6.45) is 3.61. The lowest BCUT2D eigenvalue weighted by Gasteiger charge is -2.00. The van der Waals surface area contributed by atoms with Crippen molar-refractivity contribution in [2.45, 2.75) is 26.2 Å². The molecular weight excluding hydrogens is 210 g/mol. The number of fused-ring (bicyclic) bond motifs is 1. The second-order valence-electron chi connectivity index (χ2n) is 3.43. The molecule has 2 aromatic rings. The zero-order valence-corrected chi connectivity index (χ0v) is 9.80. The minimum absolute atomic E-state index is 0.900. The second-order valence-corrected chi connectivity index (χ2v) is 4.68. The van der Waals surface area contributed by atoms with Gasteiger partial charge in [-0.25, -0.2) is 0 Å². The van der Waals surface area contributed by atoms with Gasteiger partial charge in [-0.3, -0.25) is 0 Å². The Morgan fingerprint density at radius 2 is 2.29 bits per heavy atom. The van der Waals surface area contributed by atoms with Crippen LogP contribution < -0.4 is 0 Å². The lowest BCUT2D eigenvalue weighted by atomic mass is 10.1. The van der Waals surface area contributed by atoms with Gasteiger partial charge in [0.2, 0.25) is 0 Å². The number of benzene rings is 1. The summed E-state index contributed by atoms with van der Waals surface area (Å²) < 4.78 is 5.33. The Bertz CT molecular complexity index is 481. The Labute approximate surface area is 92.9 Å². The maximum atomic E-state index is 5.28. The highest BCUT2D eigenvalue weighted by molar-refractivity contribution is 7.71. The molecule has 0 radical (unpaired) electrons. The van der Waals surface area contributed by atoms with Gasteiger partial charge in [0.15, 0.2) is 0 Å². The maximum absolute atomic E-state index is 5.28. The van der Waals surface area contributed by atoms with Crippen LogP contribution in [0.3, 0.4) is 0 Å². The standard InChI is InChI=1S/C11H13NS2/c1-2-3-5-8-6-4-7-9-10(8)11(13)12-14-9/h4,6-7H,2-3,5H2,1H3,(H,12,13). The Kier molecular flexibility index (Phi) is 2.99. The molecule has 14 heavy (non-hydrogen) atoms. The molecule has 0 fully saturated rings. The Morgan fingerprint density at radius 3 is 3.07 bits per heavy atom. The third-order valence-electron chi connectivity index (χ3n) is 2.39. The van der Waals surface area contributed by atoms with Crippen LogP contribution in [0.5, 0.6) is 0 Å². The average molecular weight is 223 g/mol. The van der Waals surface area contributed by atoms with E-state index in [9.17, 15) is 0 Å². The summed E-state index contributed by atoms with van der Waals surface area (Å²) in [6.45, 7) is 2.22. The van der Waals surface area contributed by atoms with Crippen LogP contribution in [0, 0.1) is 4.64 Å². The molecule has 0 aliphatic rings. The predicted octanol–water partition coefficient (Wildman–Crippen LogP) is 4.30. The van der Waals surface area contributed by atoms with Crippen LogP contribution in [0.1, 0.15) is 25.3 Å². The molecule has 1 aromatic carbocycles. The van der Waals surface area contributed by atoms with Gasteiger partial charge in [-0.1, -0.05) is 49.2 Å². The summed E-state index contributed by atoms with van der Waals surface area (Å²) in [4.78, 5) is 0. The number of aromatic amines is 1. The molecule has 0 atom stereocenters. The zero-order valence-electron chi connectivity index (χ0n) is 8.17. The highest BCUT2D eigenvalue weighted by Crippen LogP contribution is 2.24. The third-order valence-corrected chi connectivity index (χ3v) is 3.69. The summed E-state index contributed by atoms with van der Waals surface area (Å²) >= 11 is 6.91. The van der Waals surface area contributed by atoms with Gasteiger partial charge < -0.3 is 4.37 Å². The maximum Gasteiger partial charge on any atom is 0.121 e. The molecule has 1 heterocycles. The fraction of sp³-hybridized carbons (Fsp3) is 0.364. The largest absolute Gasteiger partial charge is 0.301 e. The number of H-pyrrole nitrogens is 1. The number of aromatic nitrogens is 1. The zero-order chi connectivity index (χ0) is 9.97. The normalized spacial score (nSPS) is 10.9. The van der Waals surface area contributed by atoms with Gasteiger partial charge in [0, 0.05) is 5.39 Å². The molecular formula is C11H13NS2. The Hall–Kier alpha value is -0.670. The van der Waals surface area contributed by atoms with Crippen LogP contribution in [0.2, 0.25) is 0 Å².